The Hall–Kier alpha value is -2.98. The van der Waals surface area contributed by atoms with Crippen LogP contribution < -0.4 is 0 Å². The van der Waals surface area contributed by atoms with Crippen molar-refractivity contribution in [3.63, 3.8) is 0 Å². The molecule has 0 bridgehead atoms. The second-order valence-corrected chi connectivity index (χ2v) is 8.28. The first-order chi connectivity index (χ1) is 14.6. The Balaban J connectivity index is 0.00000107. The van der Waals surface area contributed by atoms with E-state index in [-0.39, 0.29) is 23.9 Å². The lowest BCUT2D eigenvalue weighted by molar-refractivity contribution is 0.318. The molecule has 0 amide bonds. The Morgan fingerprint density at radius 3 is 1.10 bits per heavy atom. The van der Waals surface area contributed by atoms with Crippen LogP contribution >= 0.6 is 0 Å². The van der Waals surface area contributed by atoms with Gasteiger partial charge in [0.1, 0.15) is 17.2 Å². The van der Waals surface area contributed by atoms with Gasteiger partial charge in [0.05, 0.1) is 0 Å². The number of aromatic hydroxyl groups is 3. The molecule has 3 aromatic carbocycles. The average molecular weight is 423 g/mol. The molecule has 0 atom stereocenters. The summed E-state index contributed by atoms with van der Waals surface area (Å²) < 4.78 is 0. The van der Waals surface area contributed by atoms with E-state index in [1.807, 2.05) is 71.0 Å². The van der Waals surface area contributed by atoms with Crippen molar-refractivity contribution in [2.45, 2.75) is 54.4 Å². The van der Waals surface area contributed by atoms with Crippen LogP contribution in [0.4, 0.5) is 0 Å². The van der Waals surface area contributed by atoms with E-state index in [1.54, 1.807) is 6.92 Å². The van der Waals surface area contributed by atoms with Gasteiger partial charge in [0, 0.05) is 19.4 Å². The summed E-state index contributed by atoms with van der Waals surface area (Å²) in [7, 11) is 0. The van der Waals surface area contributed by atoms with Crippen molar-refractivity contribution < 1.29 is 20.4 Å². The van der Waals surface area contributed by atoms with E-state index in [0.717, 1.165) is 50.1 Å². The van der Waals surface area contributed by atoms with Crippen LogP contribution in [0, 0.1) is 34.6 Å². The van der Waals surface area contributed by atoms with E-state index >= 15 is 0 Å². The summed E-state index contributed by atoms with van der Waals surface area (Å²) in [6, 6.07) is 11.7. The molecule has 166 valence electrons. The Kier molecular flexibility index (Phi) is 8.12. The van der Waals surface area contributed by atoms with Crippen molar-refractivity contribution in [3.05, 3.63) is 86.5 Å². The van der Waals surface area contributed by atoms with Crippen molar-refractivity contribution in [2.24, 2.45) is 0 Å². The zero-order valence-electron chi connectivity index (χ0n) is 19.4. The molecule has 0 aliphatic carbocycles. The molecule has 4 heteroatoms. The van der Waals surface area contributed by atoms with Crippen molar-refractivity contribution in [1.29, 1.82) is 0 Å². The highest BCUT2D eigenvalue weighted by molar-refractivity contribution is 5.53. The number of phenols is 3. The molecule has 3 aromatic rings. The molecule has 0 heterocycles. The maximum absolute atomic E-state index is 10.9. The summed E-state index contributed by atoms with van der Waals surface area (Å²) in [5.74, 6) is 0.780. The first-order valence-electron chi connectivity index (χ1n) is 10.6. The van der Waals surface area contributed by atoms with E-state index in [2.05, 4.69) is 0 Å². The summed E-state index contributed by atoms with van der Waals surface area (Å²) in [5.41, 5.74) is 8.03. The average Bonchev–Trinajstić information content (AvgIpc) is 2.67. The third-order valence-electron chi connectivity index (χ3n) is 5.22. The number of benzene rings is 3. The highest BCUT2D eigenvalue weighted by atomic mass is 16.3. The molecular weight excluding hydrogens is 388 g/mol. The molecule has 0 saturated heterocycles. The van der Waals surface area contributed by atoms with Crippen molar-refractivity contribution in [1.82, 2.24) is 0 Å². The minimum atomic E-state index is 0.225. The van der Waals surface area contributed by atoms with Crippen LogP contribution in [0.25, 0.3) is 0 Å². The third-order valence-corrected chi connectivity index (χ3v) is 5.22. The van der Waals surface area contributed by atoms with Gasteiger partial charge in [0.15, 0.2) is 0 Å². The molecule has 0 saturated carbocycles. The predicted octanol–water partition coefficient (Wildman–Crippen LogP) is 5.53. The maximum Gasteiger partial charge on any atom is 0.122 e. The van der Waals surface area contributed by atoms with Gasteiger partial charge in [-0.15, -0.1) is 0 Å². The fraction of sp³-hybridized carbons (Fsp3) is 0.333. The van der Waals surface area contributed by atoms with Gasteiger partial charge in [-0.3, -0.25) is 0 Å². The number of hydrogen-bond donors (Lipinski definition) is 4. The monoisotopic (exact) mass is 422 g/mol. The van der Waals surface area contributed by atoms with Crippen LogP contribution in [0.1, 0.15) is 57.0 Å². The Morgan fingerprint density at radius 1 is 0.516 bits per heavy atom. The number of hydrogen-bond acceptors (Lipinski definition) is 4. The highest BCUT2D eigenvalue weighted by Crippen LogP contribution is 2.34. The molecular formula is C27H34O4. The van der Waals surface area contributed by atoms with Crippen LogP contribution in [0.5, 0.6) is 17.2 Å². The largest absolute Gasteiger partial charge is 0.507 e. The van der Waals surface area contributed by atoms with Gasteiger partial charge in [-0.25, -0.2) is 0 Å². The Labute approximate surface area is 185 Å². The van der Waals surface area contributed by atoms with Gasteiger partial charge in [-0.2, -0.15) is 0 Å². The van der Waals surface area contributed by atoms with Gasteiger partial charge in [-0.05, 0) is 74.9 Å². The molecule has 4 nitrogen and oxygen atoms in total. The first kappa shape index (κ1) is 24.3. The van der Waals surface area contributed by atoms with E-state index in [4.69, 9.17) is 5.11 Å². The SMILES string of the molecule is CCO.Cc1cc(C)c(O)c(Cc2cc(C)cc(Cc3cc(C)cc(C)c3O)c2O)c1. The number of aryl methyl sites for hydroxylation is 5. The fourth-order valence-electron chi connectivity index (χ4n) is 3.98. The van der Waals surface area contributed by atoms with Crippen LogP contribution in [0.3, 0.4) is 0 Å². The zero-order chi connectivity index (χ0) is 23.3. The van der Waals surface area contributed by atoms with Crippen LogP contribution in [-0.4, -0.2) is 27.0 Å². The fourth-order valence-corrected chi connectivity index (χ4v) is 3.98. The third kappa shape index (κ3) is 6.02. The zero-order valence-corrected chi connectivity index (χ0v) is 19.4. The molecule has 0 unspecified atom stereocenters. The van der Waals surface area contributed by atoms with Crippen molar-refractivity contribution in [3.8, 4) is 17.2 Å². The summed E-state index contributed by atoms with van der Waals surface area (Å²) in [4.78, 5) is 0. The molecule has 0 aliphatic heterocycles. The minimum absolute atomic E-state index is 0.225. The second-order valence-electron chi connectivity index (χ2n) is 8.28. The van der Waals surface area contributed by atoms with Gasteiger partial charge in [-0.1, -0.05) is 53.1 Å². The summed E-state index contributed by atoms with van der Waals surface area (Å²) >= 11 is 0. The Bertz CT molecular complexity index is 987. The van der Waals surface area contributed by atoms with Gasteiger partial charge < -0.3 is 20.4 Å². The number of phenolic OH excluding ortho intramolecular Hbond substituents is 3. The molecule has 4 N–H and O–H groups in total. The summed E-state index contributed by atoms with van der Waals surface area (Å²) in [6.45, 7) is 11.7. The summed E-state index contributed by atoms with van der Waals surface area (Å²) in [6.07, 6.45) is 0.904. The normalized spacial score (nSPS) is 10.5. The number of aliphatic hydroxyl groups is 1. The highest BCUT2D eigenvalue weighted by Gasteiger charge is 2.15. The van der Waals surface area contributed by atoms with Gasteiger partial charge >= 0.3 is 0 Å². The molecule has 0 aromatic heterocycles. The van der Waals surface area contributed by atoms with E-state index in [9.17, 15) is 15.3 Å². The lowest BCUT2D eigenvalue weighted by Crippen LogP contribution is -1.98. The molecule has 0 fully saturated rings. The summed E-state index contributed by atoms with van der Waals surface area (Å²) in [5, 5.41) is 39.4. The lowest BCUT2D eigenvalue weighted by atomic mass is 9.92. The number of rotatable bonds is 4. The molecule has 0 radical (unpaired) electrons. The quantitative estimate of drug-likeness (QED) is 0.446. The standard InChI is InChI=1S/C25H28O3.C2H6O/c1-14-6-17(4)23(26)19(8-14)12-21-10-16(3)11-22(25(21)28)13-20-9-15(2)7-18(5)24(20)27;1-2-3/h6-11,26-28H,12-13H2,1-5H3;3H,2H2,1H3. The van der Waals surface area contributed by atoms with E-state index in [0.29, 0.717) is 12.8 Å². The Morgan fingerprint density at radius 2 is 0.774 bits per heavy atom. The lowest BCUT2D eigenvalue weighted by Gasteiger charge is -2.15. The smallest absolute Gasteiger partial charge is 0.122 e. The van der Waals surface area contributed by atoms with Crippen molar-refractivity contribution >= 4 is 0 Å². The van der Waals surface area contributed by atoms with Gasteiger partial charge in [0.25, 0.3) is 0 Å². The predicted molar refractivity (Wildman–Crippen MR) is 126 cm³/mol. The van der Waals surface area contributed by atoms with Crippen molar-refractivity contribution in [2.75, 3.05) is 6.61 Å². The van der Waals surface area contributed by atoms with E-state index in [1.165, 1.54) is 0 Å². The van der Waals surface area contributed by atoms with E-state index < -0.39 is 0 Å². The molecule has 3 rings (SSSR count). The second kappa shape index (κ2) is 10.4. The first-order valence-corrected chi connectivity index (χ1v) is 10.6. The maximum atomic E-state index is 10.9. The van der Waals surface area contributed by atoms with Crippen LogP contribution in [0.15, 0.2) is 36.4 Å². The number of aliphatic hydroxyl groups excluding tert-OH is 1. The molecule has 0 aliphatic rings. The van der Waals surface area contributed by atoms with Gasteiger partial charge in [0.2, 0.25) is 0 Å². The molecule has 31 heavy (non-hydrogen) atoms. The van der Waals surface area contributed by atoms with Crippen LogP contribution in [0.2, 0.25) is 0 Å². The molecule has 0 spiro atoms. The topological polar surface area (TPSA) is 80.9 Å². The van der Waals surface area contributed by atoms with Crippen LogP contribution in [-0.2, 0) is 12.8 Å². The minimum Gasteiger partial charge on any atom is -0.507 e.